The zero-order chi connectivity index (χ0) is 26.5. The third-order valence-corrected chi connectivity index (χ3v) is 5.94. The molecule has 2 N–H and O–H groups in total. The Morgan fingerprint density at radius 3 is 2.35 bits per heavy atom. The van der Waals surface area contributed by atoms with Gasteiger partial charge in [0.2, 0.25) is 11.6 Å². The molecule has 0 fully saturated rings. The summed E-state index contributed by atoms with van der Waals surface area (Å²) in [7, 11) is 4.51. The Kier molecular flexibility index (Phi) is 7.60. The summed E-state index contributed by atoms with van der Waals surface area (Å²) in [4.78, 5) is 12.4. The smallest absolute Gasteiger partial charge is 0.349 e. The third-order valence-electron chi connectivity index (χ3n) is 5.62. The fourth-order valence-corrected chi connectivity index (χ4v) is 4.16. The van der Waals surface area contributed by atoms with Crippen LogP contribution in [0.1, 0.15) is 17.0 Å². The van der Waals surface area contributed by atoms with Crippen molar-refractivity contribution in [2.24, 2.45) is 5.73 Å². The van der Waals surface area contributed by atoms with E-state index in [1.807, 2.05) is 0 Å². The summed E-state index contributed by atoms with van der Waals surface area (Å²) in [5.74, 6) is 0.849. The number of ether oxygens (including phenoxy) is 6. The van der Waals surface area contributed by atoms with Crippen molar-refractivity contribution >= 4 is 17.6 Å². The molecule has 3 aromatic carbocycles. The maximum atomic E-state index is 12.4. The summed E-state index contributed by atoms with van der Waals surface area (Å²) in [6, 6.07) is 17.2. The number of para-hydroxylation sites is 1. The standard InChI is InChI=1S/C27H23ClN2O7/c1-32-22-10-15(11-23(33-2)26(22)34-3)25-17-9-8-16(12-21(17)37-27(30)18(25)13-29)36-24(31)14-35-20-7-5-4-6-19(20)28/h4-12,25H,14,30H2,1-3H3. The second-order valence-corrected chi connectivity index (χ2v) is 8.18. The van der Waals surface area contributed by atoms with Crippen molar-refractivity contribution in [1.82, 2.24) is 0 Å². The fourth-order valence-electron chi connectivity index (χ4n) is 3.97. The molecule has 37 heavy (non-hydrogen) atoms. The van der Waals surface area contributed by atoms with Crippen molar-refractivity contribution in [3.05, 3.63) is 82.2 Å². The van der Waals surface area contributed by atoms with Crippen molar-refractivity contribution < 1.29 is 33.2 Å². The van der Waals surface area contributed by atoms with Crippen molar-refractivity contribution in [2.45, 2.75) is 5.92 Å². The van der Waals surface area contributed by atoms with E-state index in [1.165, 1.54) is 27.4 Å². The summed E-state index contributed by atoms with van der Waals surface area (Å²) >= 11 is 6.05. The number of hydrogen-bond acceptors (Lipinski definition) is 9. The van der Waals surface area contributed by atoms with Crippen LogP contribution in [0.4, 0.5) is 0 Å². The van der Waals surface area contributed by atoms with Crippen LogP contribution in [0, 0.1) is 11.3 Å². The molecule has 3 aromatic rings. The van der Waals surface area contributed by atoms with Crippen LogP contribution >= 0.6 is 11.6 Å². The van der Waals surface area contributed by atoms with E-state index in [9.17, 15) is 10.1 Å². The molecule has 0 amide bonds. The van der Waals surface area contributed by atoms with Gasteiger partial charge in [0.05, 0.1) is 32.3 Å². The molecule has 0 bridgehead atoms. The van der Waals surface area contributed by atoms with Gasteiger partial charge >= 0.3 is 5.97 Å². The van der Waals surface area contributed by atoms with Crippen LogP contribution < -0.4 is 34.2 Å². The Bertz CT molecular complexity index is 1390. The number of rotatable bonds is 8. The highest BCUT2D eigenvalue weighted by atomic mass is 35.5. The first kappa shape index (κ1) is 25.5. The Labute approximate surface area is 218 Å². The third kappa shape index (κ3) is 5.20. The molecule has 0 spiro atoms. The molecule has 0 radical (unpaired) electrons. The van der Waals surface area contributed by atoms with Crippen LogP contribution in [0.5, 0.6) is 34.5 Å². The largest absolute Gasteiger partial charge is 0.493 e. The minimum absolute atomic E-state index is 0.0701. The van der Waals surface area contributed by atoms with Crippen LogP contribution in [-0.4, -0.2) is 33.9 Å². The molecule has 1 unspecified atom stereocenters. The molecule has 0 saturated carbocycles. The van der Waals surface area contributed by atoms with Crippen molar-refractivity contribution in [3.8, 4) is 40.6 Å². The lowest BCUT2D eigenvalue weighted by Gasteiger charge is -2.27. The van der Waals surface area contributed by atoms with E-state index in [-0.39, 0.29) is 23.8 Å². The van der Waals surface area contributed by atoms with Crippen LogP contribution in [0.2, 0.25) is 5.02 Å². The molecule has 1 atom stereocenters. The number of allylic oxidation sites excluding steroid dienone is 1. The predicted molar refractivity (Wildman–Crippen MR) is 134 cm³/mol. The molecule has 1 aliphatic rings. The topological polar surface area (TPSA) is 122 Å². The lowest BCUT2D eigenvalue weighted by atomic mass is 9.83. The highest BCUT2D eigenvalue weighted by Crippen LogP contribution is 2.47. The molecule has 4 rings (SSSR count). The van der Waals surface area contributed by atoms with E-state index in [4.69, 9.17) is 45.8 Å². The van der Waals surface area contributed by atoms with Gasteiger partial charge in [0.25, 0.3) is 0 Å². The Balaban J connectivity index is 1.64. The summed E-state index contributed by atoms with van der Waals surface area (Å²) in [6.07, 6.45) is 0. The van der Waals surface area contributed by atoms with Crippen molar-refractivity contribution in [1.29, 1.82) is 5.26 Å². The van der Waals surface area contributed by atoms with E-state index in [0.29, 0.717) is 44.9 Å². The van der Waals surface area contributed by atoms with Crippen LogP contribution in [0.15, 0.2) is 66.1 Å². The molecule has 9 nitrogen and oxygen atoms in total. The van der Waals surface area contributed by atoms with Gasteiger partial charge in [0.15, 0.2) is 18.1 Å². The minimum atomic E-state index is -0.641. The monoisotopic (exact) mass is 522 g/mol. The summed E-state index contributed by atoms with van der Waals surface area (Å²) < 4.78 is 32.9. The van der Waals surface area contributed by atoms with E-state index in [2.05, 4.69) is 6.07 Å². The predicted octanol–water partition coefficient (Wildman–Crippen LogP) is 4.57. The fraction of sp³-hybridized carbons (Fsp3) is 0.185. The van der Waals surface area contributed by atoms with Gasteiger partial charge < -0.3 is 34.2 Å². The van der Waals surface area contributed by atoms with Gasteiger partial charge in [-0.15, -0.1) is 0 Å². The maximum absolute atomic E-state index is 12.4. The van der Waals surface area contributed by atoms with Gasteiger partial charge in [-0.1, -0.05) is 29.8 Å². The van der Waals surface area contributed by atoms with Crippen LogP contribution in [0.3, 0.4) is 0 Å². The van der Waals surface area contributed by atoms with E-state index < -0.39 is 11.9 Å². The number of benzene rings is 3. The second-order valence-electron chi connectivity index (χ2n) is 7.78. The summed E-state index contributed by atoms with van der Waals surface area (Å²) in [5, 5.41) is 10.3. The number of carbonyl (C=O) groups excluding carboxylic acids is 1. The van der Waals surface area contributed by atoms with Crippen LogP contribution in [-0.2, 0) is 4.79 Å². The first-order valence-corrected chi connectivity index (χ1v) is 11.4. The number of esters is 1. The van der Waals surface area contributed by atoms with Gasteiger partial charge in [-0.25, -0.2) is 4.79 Å². The van der Waals surface area contributed by atoms with Gasteiger partial charge in [0.1, 0.15) is 28.9 Å². The van der Waals surface area contributed by atoms with Gasteiger partial charge in [0, 0.05) is 11.6 Å². The number of hydrogen-bond donors (Lipinski definition) is 1. The molecular weight excluding hydrogens is 500 g/mol. The number of fused-ring (bicyclic) bond motifs is 1. The number of methoxy groups -OCH3 is 3. The second kappa shape index (κ2) is 11.0. The minimum Gasteiger partial charge on any atom is -0.493 e. The molecule has 10 heteroatoms. The number of nitrogens with two attached hydrogens (primary N) is 1. The SMILES string of the molecule is COc1cc(C2C(C#N)=C(N)Oc3cc(OC(=O)COc4ccccc4Cl)ccc32)cc(OC)c1OC. The molecular formula is C27H23ClN2O7. The maximum Gasteiger partial charge on any atom is 0.349 e. The number of nitriles is 1. The summed E-state index contributed by atoms with van der Waals surface area (Å²) in [5.41, 5.74) is 7.62. The lowest BCUT2D eigenvalue weighted by Crippen LogP contribution is -2.22. The highest BCUT2D eigenvalue weighted by Gasteiger charge is 2.32. The van der Waals surface area contributed by atoms with Crippen molar-refractivity contribution in [2.75, 3.05) is 27.9 Å². The number of halogens is 1. The van der Waals surface area contributed by atoms with E-state index in [0.717, 1.165) is 0 Å². The van der Waals surface area contributed by atoms with Crippen LogP contribution in [0.25, 0.3) is 0 Å². The van der Waals surface area contributed by atoms with Gasteiger partial charge in [-0.3, -0.25) is 0 Å². The summed E-state index contributed by atoms with van der Waals surface area (Å²) in [6.45, 7) is -0.351. The van der Waals surface area contributed by atoms with E-state index in [1.54, 1.807) is 48.5 Å². The lowest BCUT2D eigenvalue weighted by molar-refractivity contribution is -0.136. The average Bonchev–Trinajstić information content (AvgIpc) is 2.90. The molecule has 1 heterocycles. The Hall–Kier alpha value is -4.55. The van der Waals surface area contributed by atoms with E-state index >= 15 is 0 Å². The molecule has 1 aliphatic heterocycles. The Morgan fingerprint density at radius 2 is 1.73 bits per heavy atom. The molecule has 0 aliphatic carbocycles. The average molecular weight is 523 g/mol. The quantitative estimate of drug-likeness (QED) is 0.335. The first-order valence-electron chi connectivity index (χ1n) is 11.0. The molecule has 0 saturated heterocycles. The zero-order valence-electron chi connectivity index (χ0n) is 20.2. The normalized spacial score (nSPS) is 14.1. The Morgan fingerprint density at radius 1 is 1.03 bits per heavy atom. The first-order chi connectivity index (χ1) is 17.9. The number of carbonyl (C=O) groups is 1. The molecule has 0 aromatic heterocycles. The molecule has 190 valence electrons. The van der Waals surface area contributed by atoms with Gasteiger partial charge in [-0.2, -0.15) is 5.26 Å². The number of nitrogens with zero attached hydrogens (tertiary/aromatic N) is 1. The zero-order valence-corrected chi connectivity index (χ0v) is 21.0. The highest BCUT2D eigenvalue weighted by molar-refractivity contribution is 6.32. The van der Waals surface area contributed by atoms with Crippen molar-refractivity contribution in [3.63, 3.8) is 0 Å². The van der Waals surface area contributed by atoms with Gasteiger partial charge in [-0.05, 0) is 35.9 Å².